The molecule has 1 aliphatic heterocycles. The van der Waals surface area contributed by atoms with E-state index in [0.717, 1.165) is 0 Å². The third-order valence-electron chi connectivity index (χ3n) is 4.22. The number of nitrogens with one attached hydrogen (secondary N) is 3. The number of anilines is 1. The van der Waals surface area contributed by atoms with Gasteiger partial charge in [0.05, 0.1) is 4.90 Å². The zero-order valence-electron chi connectivity index (χ0n) is 13.6. The molecular weight excluding hydrogens is 318 g/mol. The predicted octanol–water partition coefficient (Wildman–Crippen LogP) is 0.610. The largest absolute Gasteiger partial charge is 0.368 e. The van der Waals surface area contributed by atoms with Crippen LogP contribution in [-0.2, 0) is 19.6 Å². The van der Waals surface area contributed by atoms with E-state index < -0.39 is 15.6 Å². The highest BCUT2D eigenvalue weighted by molar-refractivity contribution is 7.89. The van der Waals surface area contributed by atoms with Gasteiger partial charge in [0.15, 0.2) is 0 Å². The molecule has 2 rings (SSSR count). The maximum absolute atomic E-state index is 12.6. The maximum Gasteiger partial charge on any atom is 0.256 e. The molecule has 23 heavy (non-hydrogen) atoms. The first-order valence-corrected chi connectivity index (χ1v) is 8.94. The number of aryl methyl sites for hydroxylation is 1. The number of carbonyl (C=O) groups excluding carboxylic acids is 1. The number of amides is 1. The maximum atomic E-state index is 12.6. The Kier molecular flexibility index (Phi) is 5.41. The summed E-state index contributed by atoms with van der Waals surface area (Å²) in [7, 11) is -0.694. The Bertz CT molecular complexity index is 682. The topological polar surface area (TPSA) is 96.5 Å². The Labute approximate surface area is 136 Å². The Morgan fingerprint density at radius 1 is 1.30 bits per heavy atom. The van der Waals surface area contributed by atoms with Gasteiger partial charge in [-0.15, -0.1) is 0 Å². The highest BCUT2D eigenvalue weighted by atomic mass is 32.2. The van der Waals surface area contributed by atoms with Crippen molar-refractivity contribution in [3.05, 3.63) is 23.8 Å². The number of benzene rings is 1. The molecule has 8 heteroatoms. The smallest absolute Gasteiger partial charge is 0.256 e. The second-order valence-corrected chi connectivity index (χ2v) is 7.45. The minimum absolute atomic E-state index is 0.148. The normalized spacial score (nSPS) is 17.7. The molecule has 1 heterocycles. The van der Waals surface area contributed by atoms with E-state index >= 15 is 0 Å². The molecule has 1 amide bonds. The van der Waals surface area contributed by atoms with Gasteiger partial charge in [-0.2, -0.15) is 0 Å². The van der Waals surface area contributed by atoms with Crippen LogP contribution in [0.15, 0.2) is 23.1 Å². The molecule has 0 saturated carbocycles. The minimum atomic E-state index is -3.58. The van der Waals surface area contributed by atoms with Crippen LogP contribution in [0.4, 0.5) is 5.69 Å². The molecule has 0 radical (unpaired) electrons. The molecule has 7 nitrogen and oxygen atoms in total. The van der Waals surface area contributed by atoms with Gasteiger partial charge in [-0.25, -0.2) is 13.1 Å². The van der Waals surface area contributed by atoms with Crippen molar-refractivity contribution in [3.8, 4) is 0 Å². The average Bonchev–Trinajstić information content (AvgIpc) is 2.57. The Morgan fingerprint density at radius 3 is 2.52 bits per heavy atom. The van der Waals surface area contributed by atoms with Gasteiger partial charge in [0.1, 0.15) is 5.60 Å². The van der Waals surface area contributed by atoms with Crippen LogP contribution in [0.2, 0.25) is 0 Å². The monoisotopic (exact) mass is 341 g/mol. The molecule has 0 aromatic heterocycles. The van der Waals surface area contributed by atoms with Crippen molar-refractivity contribution >= 4 is 21.6 Å². The van der Waals surface area contributed by atoms with Crippen molar-refractivity contribution in [2.75, 3.05) is 32.6 Å². The van der Waals surface area contributed by atoms with Crippen molar-refractivity contribution in [2.24, 2.45) is 0 Å². The second kappa shape index (κ2) is 6.96. The molecule has 0 spiro atoms. The van der Waals surface area contributed by atoms with Crippen LogP contribution in [0.5, 0.6) is 0 Å². The molecule has 0 bridgehead atoms. The summed E-state index contributed by atoms with van der Waals surface area (Å²) in [5.74, 6) is -0.252. The number of piperidine rings is 1. The molecule has 1 fully saturated rings. The Hall–Kier alpha value is -1.48. The minimum Gasteiger partial charge on any atom is -0.368 e. The lowest BCUT2D eigenvalue weighted by molar-refractivity contribution is -0.140. The molecule has 0 unspecified atom stereocenters. The van der Waals surface area contributed by atoms with Crippen LogP contribution in [0.25, 0.3) is 0 Å². The summed E-state index contributed by atoms with van der Waals surface area (Å²) in [5, 5.41) is 5.97. The van der Waals surface area contributed by atoms with Crippen molar-refractivity contribution < 1.29 is 17.9 Å². The van der Waals surface area contributed by atoms with Gasteiger partial charge in [0.25, 0.3) is 5.91 Å². The molecule has 128 valence electrons. The van der Waals surface area contributed by atoms with Crippen LogP contribution in [0, 0.1) is 6.92 Å². The number of ether oxygens (including phenoxy) is 1. The first-order chi connectivity index (χ1) is 10.8. The third kappa shape index (κ3) is 3.72. The standard InChI is InChI=1S/C15H23N3O4S/c1-11-4-5-12(10-13(11)23(20,21)16-2)18-14(19)15(22-3)6-8-17-9-7-15/h4-5,10,16-17H,6-9H2,1-3H3,(H,18,19). The molecule has 1 saturated heterocycles. The quantitative estimate of drug-likeness (QED) is 0.729. The second-order valence-electron chi connectivity index (χ2n) is 5.59. The molecule has 1 aromatic rings. The zero-order valence-corrected chi connectivity index (χ0v) is 14.4. The Morgan fingerprint density at radius 2 is 1.96 bits per heavy atom. The van der Waals surface area contributed by atoms with Gasteiger partial charge in [0, 0.05) is 12.8 Å². The van der Waals surface area contributed by atoms with Crippen LogP contribution >= 0.6 is 0 Å². The lowest BCUT2D eigenvalue weighted by Gasteiger charge is -2.34. The summed E-state index contributed by atoms with van der Waals surface area (Å²) in [5.41, 5.74) is 0.170. The fourth-order valence-corrected chi connectivity index (χ4v) is 3.67. The summed E-state index contributed by atoms with van der Waals surface area (Å²) < 4.78 is 31.8. The van der Waals surface area contributed by atoms with E-state index in [4.69, 9.17) is 4.74 Å². The van der Waals surface area contributed by atoms with Gasteiger partial charge in [-0.1, -0.05) is 6.07 Å². The molecular formula is C15H23N3O4S. The van der Waals surface area contributed by atoms with Crippen LogP contribution in [0.1, 0.15) is 18.4 Å². The Balaban J connectivity index is 2.26. The SMILES string of the molecule is CNS(=O)(=O)c1cc(NC(=O)C2(OC)CCNCC2)ccc1C. The highest BCUT2D eigenvalue weighted by Gasteiger charge is 2.39. The van der Waals surface area contributed by atoms with E-state index in [1.165, 1.54) is 20.2 Å². The number of methoxy groups -OCH3 is 1. The van der Waals surface area contributed by atoms with Gasteiger partial charge in [0.2, 0.25) is 10.0 Å². The first kappa shape index (κ1) is 17.9. The summed E-state index contributed by atoms with van der Waals surface area (Å²) >= 11 is 0. The summed E-state index contributed by atoms with van der Waals surface area (Å²) in [6.07, 6.45) is 1.14. The number of hydrogen-bond donors (Lipinski definition) is 3. The fourth-order valence-electron chi connectivity index (χ4n) is 2.68. The van der Waals surface area contributed by atoms with Crippen LogP contribution < -0.4 is 15.4 Å². The van der Waals surface area contributed by atoms with E-state index in [0.29, 0.717) is 37.2 Å². The first-order valence-electron chi connectivity index (χ1n) is 7.46. The number of rotatable bonds is 5. The zero-order chi connectivity index (χ0) is 17.1. The number of sulfonamides is 1. The molecule has 3 N–H and O–H groups in total. The van der Waals surface area contributed by atoms with E-state index in [1.807, 2.05) is 0 Å². The van der Waals surface area contributed by atoms with E-state index in [2.05, 4.69) is 15.4 Å². The molecule has 1 aromatic carbocycles. The van der Waals surface area contributed by atoms with Gasteiger partial charge in [-0.05, 0) is 57.6 Å². The van der Waals surface area contributed by atoms with E-state index in [-0.39, 0.29) is 10.8 Å². The lowest BCUT2D eigenvalue weighted by atomic mass is 9.91. The van der Waals surface area contributed by atoms with Gasteiger partial charge in [-0.3, -0.25) is 4.79 Å². The van der Waals surface area contributed by atoms with E-state index in [1.54, 1.807) is 19.1 Å². The molecule has 0 atom stereocenters. The summed E-state index contributed by atoms with van der Waals surface area (Å²) in [4.78, 5) is 12.8. The summed E-state index contributed by atoms with van der Waals surface area (Å²) in [6.45, 7) is 3.11. The molecule has 0 aliphatic carbocycles. The number of carbonyl (C=O) groups is 1. The third-order valence-corrected chi connectivity index (χ3v) is 5.78. The highest BCUT2D eigenvalue weighted by Crippen LogP contribution is 2.26. The van der Waals surface area contributed by atoms with Crippen molar-refractivity contribution in [1.29, 1.82) is 0 Å². The van der Waals surface area contributed by atoms with Crippen molar-refractivity contribution in [1.82, 2.24) is 10.0 Å². The molecule has 1 aliphatic rings. The lowest BCUT2D eigenvalue weighted by Crippen LogP contribution is -2.51. The van der Waals surface area contributed by atoms with Crippen molar-refractivity contribution in [2.45, 2.75) is 30.3 Å². The van der Waals surface area contributed by atoms with Crippen molar-refractivity contribution in [3.63, 3.8) is 0 Å². The predicted molar refractivity (Wildman–Crippen MR) is 87.9 cm³/mol. The van der Waals surface area contributed by atoms with Crippen LogP contribution in [-0.4, -0.2) is 47.2 Å². The van der Waals surface area contributed by atoms with Gasteiger partial charge >= 0.3 is 0 Å². The van der Waals surface area contributed by atoms with Gasteiger partial charge < -0.3 is 15.4 Å². The number of hydrogen-bond acceptors (Lipinski definition) is 5. The average molecular weight is 341 g/mol. The summed E-state index contributed by atoms with van der Waals surface area (Å²) in [6, 6.07) is 4.82. The van der Waals surface area contributed by atoms with E-state index in [9.17, 15) is 13.2 Å². The van der Waals surface area contributed by atoms with Crippen LogP contribution in [0.3, 0.4) is 0 Å². The fraction of sp³-hybridized carbons (Fsp3) is 0.533.